The smallest absolute Gasteiger partial charge is 0.0438 e. The van der Waals surface area contributed by atoms with Crippen molar-refractivity contribution in [3.63, 3.8) is 0 Å². The van der Waals surface area contributed by atoms with Crippen LogP contribution in [0, 0.1) is 19.8 Å². The second-order valence-corrected chi connectivity index (χ2v) is 5.74. The number of halogens is 1. The minimum absolute atomic E-state index is 0.483. The summed E-state index contributed by atoms with van der Waals surface area (Å²) in [6.07, 6.45) is 5.49. The molecule has 0 bridgehead atoms. The summed E-state index contributed by atoms with van der Waals surface area (Å²) in [5, 5.41) is 4.34. The van der Waals surface area contributed by atoms with Gasteiger partial charge in [-0.25, -0.2) is 0 Å². The Morgan fingerprint density at radius 2 is 2.00 bits per heavy atom. The maximum atomic E-state index is 6.16. The van der Waals surface area contributed by atoms with Gasteiger partial charge in [-0.05, 0) is 56.0 Å². The molecule has 94 valence electrons. The Labute approximate surface area is 110 Å². The lowest BCUT2D eigenvalue weighted by Crippen LogP contribution is -2.23. The lowest BCUT2D eigenvalue weighted by Gasteiger charge is -2.30. The van der Waals surface area contributed by atoms with Crippen LogP contribution in [-0.2, 0) is 0 Å². The standard InChI is InChI=1S/C15H22ClN/c1-10-8-14(16)11(2)7-13(10)15(17-3)9-12-5-4-6-12/h7-8,12,15,17H,4-6,9H2,1-3H3. The third kappa shape index (κ3) is 2.83. The fourth-order valence-electron chi connectivity index (χ4n) is 2.64. The molecule has 0 saturated heterocycles. The minimum atomic E-state index is 0.483. The summed E-state index contributed by atoms with van der Waals surface area (Å²) in [5.74, 6) is 0.919. The van der Waals surface area contributed by atoms with E-state index in [9.17, 15) is 0 Å². The quantitative estimate of drug-likeness (QED) is 0.836. The first-order chi connectivity index (χ1) is 8.11. The molecular formula is C15H22ClN. The first kappa shape index (κ1) is 12.9. The lowest BCUT2D eigenvalue weighted by atomic mass is 9.79. The number of hydrogen-bond acceptors (Lipinski definition) is 1. The van der Waals surface area contributed by atoms with Gasteiger partial charge < -0.3 is 5.32 Å². The Balaban J connectivity index is 2.19. The van der Waals surface area contributed by atoms with E-state index in [-0.39, 0.29) is 0 Å². The summed E-state index contributed by atoms with van der Waals surface area (Å²) in [6.45, 7) is 4.24. The minimum Gasteiger partial charge on any atom is -0.313 e. The van der Waals surface area contributed by atoms with Crippen molar-refractivity contribution in [1.29, 1.82) is 0 Å². The van der Waals surface area contributed by atoms with Gasteiger partial charge in [0, 0.05) is 11.1 Å². The molecule has 1 fully saturated rings. The van der Waals surface area contributed by atoms with Crippen LogP contribution in [0.5, 0.6) is 0 Å². The van der Waals surface area contributed by atoms with Gasteiger partial charge in [0.1, 0.15) is 0 Å². The molecule has 0 heterocycles. The Bertz CT molecular complexity index is 396. The fraction of sp³-hybridized carbons (Fsp3) is 0.600. The molecule has 0 spiro atoms. The SMILES string of the molecule is CNC(CC1CCC1)c1cc(C)c(Cl)cc1C. The van der Waals surface area contributed by atoms with Gasteiger partial charge in [-0.15, -0.1) is 0 Å². The van der Waals surface area contributed by atoms with Crippen LogP contribution in [0.25, 0.3) is 0 Å². The fourth-order valence-corrected chi connectivity index (χ4v) is 2.86. The second-order valence-electron chi connectivity index (χ2n) is 5.33. The molecule has 17 heavy (non-hydrogen) atoms. The molecule has 1 nitrogen and oxygen atoms in total. The van der Waals surface area contributed by atoms with Crippen LogP contribution in [-0.4, -0.2) is 7.05 Å². The topological polar surface area (TPSA) is 12.0 Å². The Hall–Kier alpha value is -0.530. The first-order valence-electron chi connectivity index (χ1n) is 6.55. The lowest BCUT2D eigenvalue weighted by molar-refractivity contribution is 0.265. The summed E-state index contributed by atoms with van der Waals surface area (Å²) >= 11 is 6.16. The molecule has 0 amide bonds. The third-order valence-corrected chi connectivity index (χ3v) is 4.47. The summed E-state index contributed by atoms with van der Waals surface area (Å²) in [6, 6.07) is 4.82. The van der Waals surface area contributed by atoms with Gasteiger partial charge in [-0.2, -0.15) is 0 Å². The van der Waals surface area contributed by atoms with E-state index in [0.717, 1.165) is 10.9 Å². The van der Waals surface area contributed by atoms with E-state index >= 15 is 0 Å². The number of hydrogen-bond donors (Lipinski definition) is 1. The zero-order valence-corrected chi connectivity index (χ0v) is 11.8. The van der Waals surface area contributed by atoms with Gasteiger partial charge in [0.25, 0.3) is 0 Å². The van der Waals surface area contributed by atoms with E-state index in [1.165, 1.54) is 42.4 Å². The summed E-state index contributed by atoms with van der Waals surface area (Å²) in [5.41, 5.74) is 3.90. The molecule has 0 radical (unpaired) electrons. The van der Waals surface area contributed by atoms with E-state index in [1.54, 1.807) is 0 Å². The maximum absolute atomic E-state index is 6.16. The molecule has 1 aliphatic carbocycles. The molecule has 1 aromatic carbocycles. The van der Waals surface area contributed by atoms with Crippen LogP contribution in [0.15, 0.2) is 12.1 Å². The van der Waals surface area contributed by atoms with Crippen LogP contribution in [0.2, 0.25) is 5.02 Å². The molecule has 1 unspecified atom stereocenters. The molecule has 2 rings (SSSR count). The molecule has 0 aliphatic heterocycles. The van der Waals surface area contributed by atoms with Gasteiger partial charge in [0.05, 0.1) is 0 Å². The van der Waals surface area contributed by atoms with Crippen molar-refractivity contribution in [2.75, 3.05) is 7.05 Å². The van der Waals surface area contributed by atoms with E-state index in [2.05, 4.69) is 38.3 Å². The maximum Gasteiger partial charge on any atom is 0.0438 e. The van der Waals surface area contributed by atoms with Crippen molar-refractivity contribution in [2.45, 2.75) is 45.6 Å². The molecule has 1 N–H and O–H groups in total. The van der Waals surface area contributed by atoms with Gasteiger partial charge in [0.2, 0.25) is 0 Å². The predicted molar refractivity (Wildman–Crippen MR) is 74.7 cm³/mol. The van der Waals surface area contributed by atoms with Crippen molar-refractivity contribution >= 4 is 11.6 Å². The highest BCUT2D eigenvalue weighted by molar-refractivity contribution is 6.31. The van der Waals surface area contributed by atoms with E-state index in [0.29, 0.717) is 6.04 Å². The zero-order valence-electron chi connectivity index (χ0n) is 11.0. The van der Waals surface area contributed by atoms with E-state index < -0.39 is 0 Å². The summed E-state index contributed by atoms with van der Waals surface area (Å²) in [7, 11) is 2.06. The van der Waals surface area contributed by atoms with E-state index in [4.69, 9.17) is 11.6 Å². The molecule has 1 aliphatic rings. The summed E-state index contributed by atoms with van der Waals surface area (Å²) < 4.78 is 0. The van der Waals surface area contributed by atoms with Gasteiger partial charge in [-0.1, -0.05) is 36.9 Å². The third-order valence-electron chi connectivity index (χ3n) is 4.06. The van der Waals surface area contributed by atoms with Crippen LogP contribution < -0.4 is 5.32 Å². The van der Waals surface area contributed by atoms with Gasteiger partial charge >= 0.3 is 0 Å². The van der Waals surface area contributed by atoms with Gasteiger partial charge in [0.15, 0.2) is 0 Å². The average molecular weight is 252 g/mol. The average Bonchev–Trinajstić information content (AvgIpc) is 2.23. The zero-order chi connectivity index (χ0) is 12.4. The van der Waals surface area contributed by atoms with Crippen molar-refractivity contribution in [3.05, 3.63) is 33.8 Å². The van der Waals surface area contributed by atoms with Crippen molar-refractivity contribution in [3.8, 4) is 0 Å². The predicted octanol–water partition coefficient (Wildman–Crippen LogP) is 4.41. The van der Waals surface area contributed by atoms with Crippen molar-refractivity contribution in [2.24, 2.45) is 5.92 Å². The molecule has 1 saturated carbocycles. The van der Waals surface area contributed by atoms with Crippen LogP contribution in [0.4, 0.5) is 0 Å². The summed E-state index contributed by atoms with van der Waals surface area (Å²) in [4.78, 5) is 0. The first-order valence-corrected chi connectivity index (χ1v) is 6.93. The highest BCUT2D eigenvalue weighted by atomic mass is 35.5. The number of nitrogens with one attached hydrogen (secondary N) is 1. The van der Waals surface area contributed by atoms with Crippen LogP contribution >= 0.6 is 11.6 Å². The highest BCUT2D eigenvalue weighted by Gasteiger charge is 2.23. The molecule has 2 heteroatoms. The molecule has 1 atom stereocenters. The monoisotopic (exact) mass is 251 g/mol. The Kier molecular flexibility index (Phi) is 4.11. The van der Waals surface area contributed by atoms with Gasteiger partial charge in [-0.3, -0.25) is 0 Å². The number of benzene rings is 1. The van der Waals surface area contributed by atoms with Crippen molar-refractivity contribution in [1.82, 2.24) is 5.32 Å². The molecule has 1 aromatic rings. The highest BCUT2D eigenvalue weighted by Crippen LogP contribution is 2.36. The molecular weight excluding hydrogens is 230 g/mol. The second kappa shape index (κ2) is 5.41. The number of rotatable bonds is 4. The van der Waals surface area contributed by atoms with Crippen LogP contribution in [0.1, 0.15) is 48.4 Å². The Morgan fingerprint density at radius 3 is 2.53 bits per heavy atom. The largest absolute Gasteiger partial charge is 0.313 e. The number of aryl methyl sites for hydroxylation is 2. The Morgan fingerprint density at radius 1 is 1.29 bits per heavy atom. The molecule has 0 aromatic heterocycles. The van der Waals surface area contributed by atoms with Crippen molar-refractivity contribution < 1.29 is 0 Å². The van der Waals surface area contributed by atoms with E-state index in [1.807, 2.05) is 0 Å². The normalized spacial score (nSPS) is 17.9. The van der Waals surface area contributed by atoms with Crippen LogP contribution in [0.3, 0.4) is 0 Å².